The molecule has 0 fully saturated rings. The highest BCUT2D eigenvalue weighted by atomic mass is 32.2. The van der Waals surface area contributed by atoms with Crippen LogP contribution in [0, 0.1) is 13.8 Å². The van der Waals surface area contributed by atoms with Crippen molar-refractivity contribution in [3.8, 4) is 5.75 Å². The summed E-state index contributed by atoms with van der Waals surface area (Å²) in [4.78, 5) is 12.7. The largest absolute Gasteiger partial charge is 0.491 e. The van der Waals surface area contributed by atoms with Gasteiger partial charge in [-0.05, 0) is 92.9 Å². The van der Waals surface area contributed by atoms with E-state index in [1.807, 2.05) is 39.8 Å². The lowest BCUT2D eigenvalue weighted by molar-refractivity contribution is 0.102. The molecule has 0 spiro atoms. The molecular weight excluding hydrogens is 424 g/mol. The van der Waals surface area contributed by atoms with Gasteiger partial charge < -0.3 is 10.1 Å². The summed E-state index contributed by atoms with van der Waals surface area (Å²) in [7, 11) is -3.74. The fourth-order valence-corrected chi connectivity index (χ4v) is 4.24. The molecule has 0 heterocycles. The van der Waals surface area contributed by atoms with Crippen molar-refractivity contribution in [2.24, 2.45) is 0 Å². The zero-order chi connectivity index (χ0) is 23.3. The molecule has 0 aliphatic carbocycles. The van der Waals surface area contributed by atoms with Crippen molar-refractivity contribution in [2.75, 3.05) is 10.0 Å². The molecule has 1 unspecified atom stereocenters. The molecule has 1 amide bonds. The van der Waals surface area contributed by atoms with Crippen LogP contribution in [0.5, 0.6) is 5.75 Å². The number of nitrogens with one attached hydrogen (secondary N) is 2. The van der Waals surface area contributed by atoms with E-state index in [0.717, 1.165) is 17.5 Å². The Morgan fingerprint density at radius 1 is 0.938 bits per heavy atom. The number of carbonyl (C=O) groups is 1. The maximum Gasteiger partial charge on any atom is 0.261 e. The molecule has 3 rings (SSSR count). The maximum atomic E-state index is 12.7. The van der Waals surface area contributed by atoms with Gasteiger partial charge >= 0.3 is 0 Å². The first-order valence-electron chi connectivity index (χ1n) is 10.5. The molecule has 0 aromatic heterocycles. The first-order valence-corrected chi connectivity index (χ1v) is 11.9. The molecule has 3 aromatic rings. The highest BCUT2D eigenvalue weighted by Crippen LogP contribution is 2.21. The van der Waals surface area contributed by atoms with Crippen LogP contribution in [0.15, 0.2) is 71.6 Å². The Labute approximate surface area is 189 Å². The minimum Gasteiger partial charge on any atom is -0.491 e. The van der Waals surface area contributed by atoms with Gasteiger partial charge in [0.05, 0.1) is 11.0 Å². The van der Waals surface area contributed by atoms with Crippen LogP contribution < -0.4 is 14.8 Å². The standard InChI is InChI=1S/C25H28N2O4S/c1-5-19(4)31-23-8-6-7-20(16-23)25(28)26-21-9-11-24(12-10-21)32(29,30)27-22-14-17(2)13-18(3)15-22/h6-16,19,27H,5H2,1-4H3,(H,26,28). The highest BCUT2D eigenvalue weighted by molar-refractivity contribution is 7.92. The summed E-state index contributed by atoms with van der Waals surface area (Å²) >= 11 is 0. The lowest BCUT2D eigenvalue weighted by Gasteiger charge is -2.13. The monoisotopic (exact) mass is 452 g/mol. The van der Waals surface area contributed by atoms with Crippen LogP contribution in [-0.4, -0.2) is 20.4 Å². The van der Waals surface area contributed by atoms with Crippen LogP contribution in [0.25, 0.3) is 0 Å². The lowest BCUT2D eigenvalue weighted by Crippen LogP contribution is -2.15. The molecule has 32 heavy (non-hydrogen) atoms. The van der Waals surface area contributed by atoms with E-state index in [4.69, 9.17) is 4.74 Å². The second kappa shape index (κ2) is 9.87. The molecule has 6 nitrogen and oxygen atoms in total. The highest BCUT2D eigenvalue weighted by Gasteiger charge is 2.15. The molecule has 0 saturated heterocycles. The number of ether oxygens (including phenoxy) is 1. The fraction of sp³-hybridized carbons (Fsp3) is 0.240. The molecule has 2 N–H and O–H groups in total. The lowest BCUT2D eigenvalue weighted by atomic mass is 10.1. The van der Waals surface area contributed by atoms with Crippen molar-refractivity contribution in [1.29, 1.82) is 0 Å². The normalized spacial score (nSPS) is 12.1. The summed E-state index contributed by atoms with van der Waals surface area (Å²) < 4.78 is 33.8. The van der Waals surface area contributed by atoms with Gasteiger partial charge in [-0.15, -0.1) is 0 Å². The number of carbonyl (C=O) groups excluding carboxylic acids is 1. The zero-order valence-corrected chi connectivity index (χ0v) is 19.5. The SMILES string of the molecule is CCC(C)Oc1cccc(C(=O)Nc2ccc(S(=O)(=O)Nc3cc(C)cc(C)c3)cc2)c1. The van der Waals surface area contributed by atoms with Gasteiger partial charge in [-0.3, -0.25) is 9.52 Å². The summed E-state index contributed by atoms with van der Waals surface area (Å²) in [5.41, 5.74) is 3.41. The average molecular weight is 453 g/mol. The van der Waals surface area contributed by atoms with Crippen molar-refractivity contribution in [3.05, 3.63) is 83.4 Å². The Morgan fingerprint density at radius 2 is 1.59 bits per heavy atom. The van der Waals surface area contributed by atoms with Crippen LogP contribution >= 0.6 is 0 Å². The number of hydrogen-bond donors (Lipinski definition) is 2. The number of hydrogen-bond acceptors (Lipinski definition) is 4. The van der Waals surface area contributed by atoms with E-state index in [-0.39, 0.29) is 16.9 Å². The van der Waals surface area contributed by atoms with Gasteiger partial charge in [0.1, 0.15) is 5.75 Å². The van der Waals surface area contributed by atoms with E-state index in [2.05, 4.69) is 10.0 Å². The summed E-state index contributed by atoms with van der Waals surface area (Å²) in [5.74, 6) is 0.328. The fourth-order valence-electron chi connectivity index (χ4n) is 3.19. The number of aryl methyl sites for hydroxylation is 2. The third-order valence-electron chi connectivity index (χ3n) is 4.90. The summed E-state index contributed by atoms with van der Waals surface area (Å²) in [5, 5.41) is 2.79. The summed E-state index contributed by atoms with van der Waals surface area (Å²) in [6.07, 6.45) is 0.921. The van der Waals surface area contributed by atoms with Gasteiger partial charge in [-0.25, -0.2) is 8.42 Å². The predicted octanol–water partition coefficient (Wildman–Crippen LogP) is 5.53. The predicted molar refractivity (Wildman–Crippen MR) is 128 cm³/mol. The minimum absolute atomic E-state index is 0.0557. The molecular formula is C25H28N2O4S. The van der Waals surface area contributed by atoms with Crippen molar-refractivity contribution in [3.63, 3.8) is 0 Å². The molecule has 0 radical (unpaired) electrons. The topological polar surface area (TPSA) is 84.5 Å². The van der Waals surface area contributed by atoms with E-state index >= 15 is 0 Å². The van der Waals surface area contributed by atoms with Crippen molar-refractivity contribution < 1.29 is 17.9 Å². The number of benzene rings is 3. The van der Waals surface area contributed by atoms with E-state index in [0.29, 0.717) is 22.7 Å². The molecule has 0 aliphatic heterocycles. The Morgan fingerprint density at radius 3 is 2.22 bits per heavy atom. The molecule has 0 bridgehead atoms. The third kappa shape index (κ3) is 6.11. The summed E-state index contributed by atoms with van der Waals surface area (Å²) in [6, 6.07) is 18.5. The zero-order valence-electron chi connectivity index (χ0n) is 18.7. The van der Waals surface area contributed by atoms with Crippen LogP contribution in [0.4, 0.5) is 11.4 Å². The quantitative estimate of drug-likeness (QED) is 0.470. The maximum absolute atomic E-state index is 12.7. The van der Waals surface area contributed by atoms with Gasteiger partial charge in [-0.2, -0.15) is 0 Å². The van der Waals surface area contributed by atoms with E-state index in [9.17, 15) is 13.2 Å². The minimum atomic E-state index is -3.74. The van der Waals surface area contributed by atoms with Gasteiger partial charge in [-0.1, -0.05) is 19.1 Å². The van der Waals surface area contributed by atoms with Crippen molar-refractivity contribution in [2.45, 2.75) is 45.1 Å². The first kappa shape index (κ1) is 23.3. The molecule has 0 aliphatic rings. The van der Waals surface area contributed by atoms with Crippen LogP contribution in [0.1, 0.15) is 41.8 Å². The van der Waals surface area contributed by atoms with Gasteiger partial charge in [0.15, 0.2) is 0 Å². The van der Waals surface area contributed by atoms with Gasteiger partial charge in [0, 0.05) is 16.9 Å². The third-order valence-corrected chi connectivity index (χ3v) is 6.30. The number of rotatable bonds is 8. The molecule has 0 saturated carbocycles. The Bertz CT molecular complexity index is 1180. The number of amides is 1. The number of sulfonamides is 1. The summed E-state index contributed by atoms with van der Waals surface area (Å²) in [6.45, 7) is 7.82. The van der Waals surface area contributed by atoms with Crippen LogP contribution in [0.2, 0.25) is 0 Å². The molecule has 1 atom stereocenters. The Hall–Kier alpha value is -3.32. The van der Waals surface area contributed by atoms with Crippen LogP contribution in [-0.2, 0) is 10.0 Å². The second-order valence-electron chi connectivity index (χ2n) is 7.82. The first-order chi connectivity index (χ1) is 15.2. The Kier molecular flexibility index (Phi) is 7.20. The smallest absolute Gasteiger partial charge is 0.261 e. The number of anilines is 2. The average Bonchev–Trinajstić information content (AvgIpc) is 2.73. The van der Waals surface area contributed by atoms with E-state index < -0.39 is 10.0 Å². The molecule has 168 valence electrons. The van der Waals surface area contributed by atoms with Crippen molar-refractivity contribution in [1.82, 2.24) is 0 Å². The molecule has 7 heteroatoms. The van der Waals surface area contributed by atoms with E-state index in [1.165, 1.54) is 12.1 Å². The van der Waals surface area contributed by atoms with E-state index in [1.54, 1.807) is 42.5 Å². The van der Waals surface area contributed by atoms with Gasteiger partial charge in [0.25, 0.3) is 15.9 Å². The van der Waals surface area contributed by atoms with Crippen molar-refractivity contribution >= 4 is 27.3 Å². The second-order valence-corrected chi connectivity index (χ2v) is 9.51. The Balaban J connectivity index is 1.70. The van der Waals surface area contributed by atoms with Gasteiger partial charge in [0.2, 0.25) is 0 Å². The molecule has 3 aromatic carbocycles. The van der Waals surface area contributed by atoms with Crippen LogP contribution in [0.3, 0.4) is 0 Å².